The molecule has 0 aliphatic heterocycles. The van der Waals surface area contributed by atoms with Crippen molar-refractivity contribution in [1.29, 1.82) is 0 Å². The Morgan fingerprint density at radius 1 is 1.17 bits per heavy atom. The second-order valence-corrected chi connectivity index (χ2v) is 11.1. The minimum absolute atomic E-state index is 0.0360. The Morgan fingerprint density at radius 2 is 1.86 bits per heavy atom. The highest BCUT2D eigenvalue weighted by Crippen LogP contribution is 2.19. The van der Waals surface area contributed by atoms with Crippen molar-refractivity contribution in [3.8, 4) is 0 Å². The van der Waals surface area contributed by atoms with E-state index >= 15 is 0 Å². The summed E-state index contributed by atoms with van der Waals surface area (Å²) in [6.07, 6.45) is 1.20. The molecule has 2 rings (SSSR count). The van der Waals surface area contributed by atoms with Gasteiger partial charge in [0.15, 0.2) is 5.82 Å². The smallest absolute Gasteiger partial charge is 0.407 e. The van der Waals surface area contributed by atoms with Crippen LogP contribution in [-0.4, -0.2) is 66.2 Å². The van der Waals surface area contributed by atoms with E-state index in [1.54, 1.807) is 11.7 Å². The van der Waals surface area contributed by atoms with Gasteiger partial charge in [0.25, 0.3) is 0 Å². The van der Waals surface area contributed by atoms with Crippen molar-refractivity contribution in [1.82, 2.24) is 29.7 Å². The van der Waals surface area contributed by atoms with Gasteiger partial charge in [0.2, 0.25) is 10.0 Å². The number of ether oxygens (including phenoxy) is 1. The molecule has 0 aliphatic carbocycles. The average molecular weight is 523 g/mol. The van der Waals surface area contributed by atoms with Gasteiger partial charge in [0, 0.05) is 7.05 Å². The number of alkyl carbamates (subject to hydrolysis) is 1. The summed E-state index contributed by atoms with van der Waals surface area (Å²) < 4.78 is 35.4. The van der Waals surface area contributed by atoms with E-state index in [1.807, 2.05) is 44.2 Å². The molecule has 0 bridgehead atoms. The lowest BCUT2D eigenvalue weighted by Crippen LogP contribution is -2.33. The molecule has 10 nitrogen and oxygen atoms in total. The molecule has 36 heavy (non-hydrogen) atoms. The van der Waals surface area contributed by atoms with Crippen LogP contribution in [0.1, 0.15) is 63.8 Å². The van der Waals surface area contributed by atoms with Crippen LogP contribution in [0.25, 0.3) is 0 Å². The third-order valence-electron chi connectivity index (χ3n) is 5.79. The van der Waals surface area contributed by atoms with E-state index in [0.717, 1.165) is 25.2 Å². The molecule has 202 valence electrons. The van der Waals surface area contributed by atoms with Gasteiger partial charge in [-0.3, -0.25) is 4.68 Å². The minimum Gasteiger partial charge on any atom is -0.449 e. The van der Waals surface area contributed by atoms with Crippen LogP contribution < -0.4 is 10.0 Å². The number of aromatic nitrogens is 3. The van der Waals surface area contributed by atoms with Crippen LogP contribution in [0.3, 0.4) is 0 Å². The van der Waals surface area contributed by atoms with E-state index in [0.29, 0.717) is 37.5 Å². The molecule has 0 saturated carbocycles. The summed E-state index contributed by atoms with van der Waals surface area (Å²) in [6.45, 7) is 11.0. The third kappa shape index (κ3) is 10.6. The lowest BCUT2D eigenvalue weighted by Gasteiger charge is -2.19. The van der Waals surface area contributed by atoms with Crippen LogP contribution in [0.4, 0.5) is 4.79 Å². The van der Waals surface area contributed by atoms with Crippen molar-refractivity contribution in [2.75, 3.05) is 32.0 Å². The van der Waals surface area contributed by atoms with Crippen LogP contribution in [0.15, 0.2) is 30.3 Å². The molecule has 0 radical (unpaired) electrons. The summed E-state index contributed by atoms with van der Waals surface area (Å²) in [4.78, 5) is 18.7. The highest BCUT2D eigenvalue weighted by atomic mass is 32.2. The summed E-state index contributed by atoms with van der Waals surface area (Å²) in [5.41, 5.74) is 1.11. The van der Waals surface area contributed by atoms with Gasteiger partial charge in [-0.15, -0.1) is 0 Å². The van der Waals surface area contributed by atoms with Crippen LogP contribution >= 0.6 is 0 Å². The van der Waals surface area contributed by atoms with Gasteiger partial charge in [-0.05, 0) is 50.4 Å². The molecule has 1 amide bonds. The van der Waals surface area contributed by atoms with Crippen LogP contribution in [-0.2, 0) is 34.8 Å². The standard InChI is InChI=1S/C25H42N6O4S/c1-6-31(7-2)16-11-17-36(33,34)29-22(15-14-21-12-9-8-10-13-21)24-27-23(30(5)28-24)18-26-25(32)35-19-20(3)4/h8-10,12-13,20,22,29H,6-7,11,14-19H2,1-5H3,(H,26,32)/t22-/m1/s1. The predicted octanol–water partition coefficient (Wildman–Crippen LogP) is 3.02. The van der Waals surface area contributed by atoms with Crippen molar-refractivity contribution in [3.05, 3.63) is 47.5 Å². The molecule has 1 atom stereocenters. The quantitative estimate of drug-likeness (QED) is 0.348. The first-order chi connectivity index (χ1) is 17.1. The van der Waals surface area contributed by atoms with Crippen molar-refractivity contribution in [2.24, 2.45) is 13.0 Å². The van der Waals surface area contributed by atoms with Crippen LogP contribution in [0.5, 0.6) is 0 Å². The van der Waals surface area contributed by atoms with Crippen molar-refractivity contribution in [3.63, 3.8) is 0 Å². The molecule has 2 N–H and O–H groups in total. The summed E-state index contributed by atoms with van der Waals surface area (Å²) >= 11 is 0. The number of nitrogens with one attached hydrogen (secondary N) is 2. The number of hydrogen-bond donors (Lipinski definition) is 2. The Morgan fingerprint density at radius 3 is 2.50 bits per heavy atom. The Balaban J connectivity index is 2.10. The number of hydrogen-bond acceptors (Lipinski definition) is 7. The van der Waals surface area contributed by atoms with Gasteiger partial charge in [-0.1, -0.05) is 58.0 Å². The van der Waals surface area contributed by atoms with E-state index in [-0.39, 0.29) is 18.2 Å². The zero-order chi connectivity index (χ0) is 26.6. The molecule has 1 heterocycles. The van der Waals surface area contributed by atoms with E-state index in [2.05, 4.69) is 38.9 Å². The van der Waals surface area contributed by atoms with Gasteiger partial charge in [-0.25, -0.2) is 22.9 Å². The zero-order valence-electron chi connectivity index (χ0n) is 22.2. The average Bonchev–Trinajstić information content (AvgIpc) is 3.22. The first-order valence-corrected chi connectivity index (χ1v) is 14.3. The van der Waals surface area contributed by atoms with E-state index in [4.69, 9.17) is 4.74 Å². The Kier molecular flexibility index (Phi) is 12.3. The Labute approximate surface area is 215 Å². The maximum atomic E-state index is 13.0. The number of benzene rings is 1. The molecule has 1 aromatic heterocycles. The molecular formula is C25H42N6O4S. The van der Waals surface area contributed by atoms with Gasteiger partial charge < -0.3 is 15.0 Å². The highest BCUT2D eigenvalue weighted by Gasteiger charge is 2.24. The normalized spacial score (nSPS) is 12.8. The molecule has 11 heteroatoms. The largest absolute Gasteiger partial charge is 0.449 e. The van der Waals surface area contributed by atoms with Crippen LogP contribution in [0, 0.1) is 5.92 Å². The highest BCUT2D eigenvalue weighted by molar-refractivity contribution is 7.89. The van der Waals surface area contributed by atoms with Gasteiger partial charge in [-0.2, -0.15) is 5.10 Å². The molecule has 0 aliphatic rings. The second-order valence-electron chi connectivity index (χ2n) is 9.25. The maximum absolute atomic E-state index is 13.0. The first-order valence-electron chi connectivity index (χ1n) is 12.7. The number of aryl methyl sites for hydroxylation is 2. The number of amides is 1. The van der Waals surface area contributed by atoms with Crippen molar-refractivity contribution < 1.29 is 17.9 Å². The number of sulfonamides is 1. The Bertz CT molecular complexity index is 1020. The number of carbonyl (C=O) groups is 1. The molecule has 0 unspecified atom stereocenters. The van der Waals surface area contributed by atoms with E-state index < -0.39 is 22.2 Å². The van der Waals surface area contributed by atoms with E-state index in [1.165, 1.54) is 0 Å². The van der Waals surface area contributed by atoms with E-state index in [9.17, 15) is 13.2 Å². The topological polar surface area (TPSA) is 118 Å². The summed E-state index contributed by atoms with van der Waals surface area (Å²) in [6, 6.07) is 9.31. The third-order valence-corrected chi connectivity index (χ3v) is 7.26. The minimum atomic E-state index is -3.55. The molecule has 0 spiro atoms. The zero-order valence-corrected chi connectivity index (χ0v) is 23.1. The number of rotatable bonds is 16. The van der Waals surface area contributed by atoms with Crippen molar-refractivity contribution >= 4 is 16.1 Å². The molecule has 1 aromatic carbocycles. The lowest BCUT2D eigenvalue weighted by molar-refractivity contribution is 0.132. The van der Waals surface area contributed by atoms with Gasteiger partial charge in [0.1, 0.15) is 5.82 Å². The van der Waals surface area contributed by atoms with Gasteiger partial charge >= 0.3 is 6.09 Å². The predicted molar refractivity (Wildman–Crippen MR) is 141 cm³/mol. The first kappa shape index (κ1) is 29.7. The van der Waals surface area contributed by atoms with Gasteiger partial charge in [0.05, 0.1) is 24.9 Å². The monoisotopic (exact) mass is 522 g/mol. The Hall–Kier alpha value is -2.50. The molecular weight excluding hydrogens is 480 g/mol. The fourth-order valence-corrected chi connectivity index (χ4v) is 4.96. The number of nitrogens with zero attached hydrogens (tertiary/aromatic N) is 4. The maximum Gasteiger partial charge on any atom is 0.407 e. The molecule has 0 fully saturated rings. The molecule has 0 saturated heterocycles. The fraction of sp³-hybridized carbons (Fsp3) is 0.640. The summed E-state index contributed by atoms with van der Waals surface area (Å²) in [7, 11) is -1.82. The van der Waals surface area contributed by atoms with Crippen molar-refractivity contribution in [2.45, 2.75) is 59.5 Å². The molecule has 2 aromatic rings. The summed E-state index contributed by atoms with van der Waals surface area (Å²) in [5, 5.41) is 7.15. The fourth-order valence-electron chi connectivity index (χ4n) is 3.67. The lowest BCUT2D eigenvalue weighted by atomic mass is 10.1. The summed E-state index contributed by atoms with van der Waals surface area (Å²) in [5.74, 6) is 1.17. The van der Waals surface area contributed by atoms with Crippen LogP contribution in [0.2, 0.25) is 0 Å². The number of carbonyl (C=O) groups excluding carboxylic acids is 1. The SMILES string of the molecule is CCN(CC)CCCS(=O)(=O)N[C@H](CCc1ccccc1)c1nc(CNC(=O)OCC(C)C)n(C)n1. The second kappa shape index (κ2) is 14.9.